The van der Waals surface area contributed by atoms with Crippen LogP contribution in [0.3, 0.4) is 0 Å². The number of rotatable bonds is 5. The van der Waals surface area contributed by atoms with Crippen LogP contribution in [0.2, 0.25) is 28.2 Å². The first-order chi connectivity index (χ1) is 15.6. The summed E-state index contributed by atoms with van der Waals surface area (Å²) in [6, 6.07) is 3.40. The zero-order chi connectivity index (χ0) is 25.5. The van der Waals surface area contributed by atoms with Crippen molar-refractivity contribution in [2.45, 2.75) is 90.4 Å². The normalized spacial score (nSPS) is 20.0. The Morgan fingerprint density at radius 2 is 1.82 bits per heavy atom. The third-order valence-corrected chi connectivity index (χ3v) is 11.8. The summed E-state index contributed by atoms with van der Waals surface area (Å²) in [7, 11) is -2.02. The number of hydrogen-bond donors (Lipinski definition) is 0. The Morgan fingerprint density at radius 3 is 2.44 bits per heavy atom. The van der Waals surface area contributed by atoms with E-state index in [1.54, 1.807) is 17.3 Å². The molecule has 2 atom stereocenters. The topological polar surface area (TPSA) is 56.6 Å². The minimum atomic E-state index is -2.02. The summed E-state index contributed by atoms with van der Waals surface area (Å²) >= 11 is 12.3. The van der Waals surface area contributed by atoms with Gasteiger partial charge < -0.3 is 13.7 Å². The lowest BCUT2D eigenvalue weighted by atomic mass is 10.1. The summed E-state index contributed by atoms with van der Waals surface area (Å²) in [5, 5.41) is 1.06. The number of imidazole rings is 1. The molecular weight excluding hydrogens is 489 g/mol. The molecule has 6 nitrogen and oxygen atoms in total. The minimum Gasteiger partial charge on any atom is -0.444 e. The zero-order valence-corrected chi connectivity index (χ0v) is 24.0. The van der Waals surface area contributed by atoms with Gasteiger partial charge in [-0.15, -0.1) is 0 Å². The monoisotopic (exact) mass is 525 g/mol. The quantitative estimate of drug-likeness (QED) is 0.303. The average molecular weight is 527 g/mol. The van der Waals surface area contributed by atoms with Crippen LogP contribution in [-0.2, 0) is 15.7 Å². The highest BCUT2D eigenvalue weighted by atomic mass is 35.5. The van der Waals surface area contributed by atoms with Gasteiger partial charge in [0.15, 0.2) is 8.32 Å². The molecule has 1 fully saturated rings. The van der Waals surface area contributed by atoms with E-state index in [2.05, 4.69) is 51.0 Å². The van der Waals surface area contributed by atoms with Crippen molar-refractivity contribution >= 4 is 48.6 Å². The Balaban J connectivity index is 1.84. The van der Waals surface area contributed by atoms with Crippen LogP contribution in [0.1, 0.15) is 48.0 Å². The largest absolute Gasteiger partial charge is 0.444 e. The van der Waals surface area contributed by atoms with E-state index >= 15 is 0 Å². The zero-order valence-electron chi connectivity index (χ0n) is 21.5. The number of hydrogen-bond acceptors (Lipinski definition) is 4. The maximum absolute atomic E-state index is 13.0. The van der Waals surface area contributed by atoms with E-state index < -0.39 is 13.9 Å². The first-order valence-electron chi connectivity index (χ1n) is 11.7. The number of amides is 1. The number of fused-ring (bicyclic) bond motifs is 1. The molecule has 1 amide bonds. The highest BCUT2D eigenvalue weighted by Gasteiger charge is 2.45. The molecule has 1 aliphatic rings. The number of ether oxygens (including phenoxy) is 1. The second-order valence-electron chi connectivity index (χ2n) is 11.4. The van der Waals surface area contributed by atoms with Gasteiger partial charge in [-0.1, -0.05) is 56.1 Å². The van der Waals surface area contributed by atoms with E-state index in [4.69, 9.17) is 32.4 Å². The first-order valence-corrected chi connectivity index (χ1v) is 15.4. The van der Waals surface area contributed by atoms with Crippen molar-refractivity contribution in [1.82, 2.24) is 14.5 Å². The number of halogens is 2. The van der Waals surface area contributed by atoms with Gasteiger partial charge in [0.25, 0.3) is 0 Å². The SMILES string of the molecule is CC(C)(C)OC(=O)N1CC[C@H](O[Si](C)(C)C(C)(C)C)[C@H]1/C=C/Cn1cnc2cc(Cl)c(Cl)cc21. The fourth-order valence-electron chi connectivity index (χ4n) is 3.74. The van der Waals surface area contributed by atoms with E-state index in [1.807, 2.05) is 31.4 Å². The Labute approximate surface area is 214 Å². The molecule has 0 spiro atoms. The lowest BCUT2D eigenvalue weighted by Crippen LogP contribution is -2.48. The molecule has 2 heterocycles. The summed E-state index contributed by atoms with van der Waals surface area (Å²) in [5.41, 5.74) is 1.14. The molecule has 3 rings (SSSR count). The molecule has 0 saturated carbocycles. The molecule has 0 aliphatic carbocycles. The third kappa shape index (κ3) is 6.17. The van der Waals surface area contributed by atoms with Gasteiger partial charge in [-0.25, -0.2) is 9.78 Å². The average Bonchev–Trinajstić information content (AvgIpc) is 3.24. The van der Waals surface area contributed by atoms with Crippen molar-refractivity contribution in [2.24, 2.45) is 0 Å². The van der Waals surface area contributed by atoms with E-state index in [1.165, 1.54) is 0 Å². The first kappa shape index (κ1) is 27.1. The number of nitrogens with zero attached hydrogens (tertiary/aromatic N) is 3. The molecule has 1 aromatic carbocycles. The van der Waals surface area contributed by atoms with E-state index in [0.29, 0.717) is 23.1 Å². The Morgan fingerprint density at radius 1 is 1.18 bits per heavy atom. The summed E-state index contributed by atoms with van der Waals surface area (Å²) in [6.07, 6.45) is 6.29. The number of aromatic nitrogens is 2. The van der Waals surface area contributed by atoms with Gasteiger partial charge in [0, 0.05) is 13.1 Å². The molecule has 2 aromatic rings. The predicted octanol–water partition coefficient (Wildman–Crippen LogP) is 7.30. The van der Waals surface area contributed by atoms with Crippen LogP contribution in [0, 0.1) is 0 Å². The third-order valence-electron chi connectivity index (χ3n) is 6.57. The van der Waals surface area contributed by atoms with Crippen molar-refractivity contribution < 1.29 is 14.0 Å². The van der Waals surface area contributed by atoms with Gasteiger partial charge in [-0.2, -0.15) is 0 Å². The maximum Gasteiger partial charge on any atom is 0.410 e. The summed E-state index contributed by atoms with van der Waals surface area (Å²) < 4.78 is 14.5. The van der Waals surface area contributed by atoms with Crippen molar-refractivity contribution in [3.63, 3.8) is 0 Å². The van der Waals surface area contributed by atoms with Crippen LogP contribution < -0.4 is 0 Å². The van der Waals surface area contributed by atoms with Crippen LogP contribution in [0.25, 0.3) is 11.0 Å². The van der Waals surface area contributed by atoms with Crippen molar-refractivity contribution in [3.8, 4) is 0 Å². The summed E-state index contributed by atoms with van der Waals surface area (Å²) in [4.78, 5) is 19.2. The Bertz CT molecular complexity index is 1070. The molecule has 0 N–H and O–H groups in total. The molecular formula is C25H37Cl2N3O3Si. The molecule has 1 aliphatic heterocycles. The van der Waals surface area contributed by atoms with Crippen LogP contribution in [-0.4, -0.2) is 53.2 Å². The second-order valence-corrected chi connectivity index (χ2v) is 17.0. The van der Waals surface area contributed by atoms with Gasteiger partial charge >= 0.3 is 6.09 Å². The highest BCUT2D eigenvalue weighted by Crippen LogP contribution is 2.39. The molecule has 188 valence electrons. The smallest absolute Gasteiger partial charge is 0.410 e. The lowest BCUT2D eigenvalue weighted by molar-refractivity contribution is 0.0213. The van der Waals surface area contributed by atoms with Crippen LogP contribution >= 0.6 is 23.2 Å². The molecule has 1 aromatic heterocycles. The van der Waals surface area contributed by atoms with Crippen molar-refractivity contribution in [3.05, 3.63) is 40.7 Å². The summed E-state index contributed by atoms with van der Waals surface area (Å²) in [6.45, 7) is 18.0. The van der Waals surface area contributed by atoms with E-state index in [9.17, 15) is 4.79 Å². The number of benzene rings is 1. The summed E-state index contributed by atoms with van der Waals surface area (Å²) in [5.74, 6) is 0. The van der Waals surface area contributed by atoms with Crippen molar-refractivity contribution in [2.75, 3.05) is 6.54 Å². The number of allylic oxidation sites excluding steroid dienone is 1. The number of carbonyl (C=O) groups excluding carboxylic acids is 1. The van der Waals surface area contributed by atoms with Crippen LogP contribution in [0.15, 0.2) is 30.6 Å². The van der Waals surface area contributed by atoms with Gasteiger partial charge in [-0.3, -0.25) is 4.90 Å². The van der Waals surface area contributed by atoms with Gasteiger partial charge in [-0.05, 0) is 57.5 Å². The van der Waals surface area contributed by atoms with Crippen LogP contribution in [0.5, 0.6) is 0 Å². The second kappa shape index (κ2) is 9.84. The van der Waals surface area contributed by atoms with Crippen molar-refractivity contribution in [1.29, 1.82) is 0 Å². The molecule has 1 saturated heterocycles. The maximum atomic E-state index is 13.0. The fraction of sp³-hybridized carbons (Fsp3) is 0.600. The van der Waals surface area contributed by atoms with Gasteiger partial charge in [0.1, 0.15) is 5.60 Å². The molecule has 9 heteroatoms. The number of likely N-dealkylation sites (tertiary alicyclic amines) is 1. The molecule has 0 unspecified atom stereocenters. The van der Waals surface area contributed by atoms with Crippen LogP contribution in [0.4, 0.5) is 4.79 Å². The minimum absolute atomic E-state index is 0.0718. The van der Waals surface area contributed by atoms with E-state index in [0.717, 1.165) is 17.5 Å². The molecule has 0 bridgehead atoms. The van der Waals surface area contributed by atoms with E-state index in [-0.39, 0.29) is 23.3 Å². The van der Waals surface area contributed by atoms with Gasteiger partial charge in [0.2, 0.25) is 0 Å². The number of carbonyl (C=O) groups is 1. The predicted molar refractivity (Wildman–Crippen MR) is 142 cm³/mol. The van der Waals surface area contributed by atoms with Gasteiger partial charge in [0.05, 0.1) is 39.6 Å². The Hall–Kier alpha value is -1.54. The standard InChI is InChI=1S/C25H37Cl2N3O3Si/c1-24(2,3)32-23(31)30-13-11-22(33-34(7,8)25(4,5)6)20(30)10-9-12-29-16-28-19-14-17(26)18(27)15-21(19)29/h9-10,14-16,20,22H,11-13H2,1-8H3/b10-9+/t20-,22+/m1/s1. The lowest BCUT2D eigenvalue weighted by Gasteiger charge is -2.40. The Kier molecular flexibility index (Phi) is 7.83. The molecule has 0 radical (unpaired) electrons. The molecule has 34 heavy (non-hydrogen) atoms. The highest BCUT2D eigenvalue weighted by molar-refractivity contribution is 6.74. The fourth-order valence-corrected chi connectivity index (χ4v) is 5.43.